The van der Waals surface area contributed by atoms with Gasteiger partial charge in [0, 0.05) is 31.8 Å². The van der Waals surface area contributed by atoms with E-state index in [9.17, 15) is 13.2 Å². The van der Waals surface area contributed by atoms with Crippen molar-refractivity contribution in [1.29, 1.82) is 0 Å². The standard InChI is InChI=1S/C29H33N5O8S/c1-34(2)29(36)19-9-11-21(12-10-19)43(37,38)33-28-27(30-22-7-5-6-8-23(22)31-28)32-24-17-20(39-3)18-25(40-4)26(24)42-16-15-41-14-13-35/h5-12,17-18,35H,13-16H2,1-4H3,(H,30,32)(H,31,33). The summed E-state index contributed by atoms with van der Waals surface area (Å²) in [6.45, 7) is 0.386. The molecule has 0 atom stereocenters. The molecule has 3 aromatic carbocycles. The van der Waals surface area contributed by atoms with E-state index < -0.39 is 10.0 Å². The maximum Gasteiger partial charge on any atom is 0.263 e. The Kier molecular flexibility index (Phi) is 10.2. The molecule has 1 heterocycles. The number of methoxy groups -OCH3 is 2. The summed E-state index contributed by atoms with van der Waals surface area (Å²) in [5, 5.41) is 12.1. The summed E-state index contributed by atoms with van der Waals surface area (Å²) in [6, 6.07) is 15.9. The number of carbonyl (C=O) groups is 1. The summed E-state index contributed by atoms with van der Waals surface area (Å²) in [6.07, 6.45) is 0. The van der Waals surface area contributed by atoms with Crippen LogP contribution < -0.4 is 24.2 Å². The first-order valence-corrected chi connectivity index (χ1v) is 14.6. The fraction of sp³-hybridized carbons (Fsp3) is 0.276. The van der Waals surface area contributed by atoms with Gasteiger partial charge in [-0.25, -0.2) is 18.4 Å². The molecule has 43 heavy (non-hydrogen) atoms. The van der Waals surface area contributed by atoms with Gasteiger partial charge in [0.15, 0.2) is 23.1 Å². The van der Waals surface area contributed by atoms with Gasteiger partial charge in [-0.2, -0.15) is 0 Å². The Morgan fingerprint density at radius 1 is 0.907 bits per heavy atom. The Morgan fingerprint density at radius 3 is 2.19 bits per heavy atom. The number of rotatable bonds is 14. The number of hydrogen-bond acceptors (Lipinski definition) is 11. The zero-order valence-corrected chi connectivity index (χ0v) is 25.0. The van der Waals surface area contributed by atoms with Gasteiger partial charge in [0.05, 0.1) is 55.7 Å². The number of aliphatic hydroxyl groups is 1. The minimum atomic E-state index is -4.15. The Balaban J connectivity index is 1.73. The molecule has 0 spiro atoms. The van der Waals surface area contributed by atoms with Crippen molar-refractivity contribution >= 4 is 44.3 Å². The molecule has 0 fully saturated rings. The molecule has 0 unspecified atom stereocenters. The fourth-order valence-electron chi connectivity index (χ4n) is 3.96. The summed E-state index contributed by atoms with van der Waals surface area (Å²) in [5.41, 5.74) is 1.67. The molecule has 0 saturated carbocycles. The minimum absolute atomic E-state index is 0.0707. The van der Waals surface area contributed by atoms with Crippen LogP contribution in [0, 0.1) is 0 Å². The van der Waals surface area contributed by atoms with Crippen LogP contribution in [0.4, 0.5) is 17.3 Å². The first-order valence-electron chi connectivity index (χ1n) is 13.1. The molecule has 4 aromatic rings. The van der Waals surface area contributed by atoms with E-state index in [4.69, 9.17) is 24.1 Å². The van der Waals surface area contributed by atoms with Crippen LogP contribution >= 0.6 is 0 Å². The van der Waals surface area contributed by atoms with Gasteiger partial charge in [-0.15, -0.1) is 0 Å². The predicted octanol–water partition coefficient (Wildman–Crippen LogP) is 3.28. The Hall–Kier alpha value is -4.66. The molecule has 1 amide bonds. The van der Waals surface area contributed by atoms with Crippen molar-refractivity contribution in [3.05, 3.63) is 66.2 Å². The number of amides is 1. The van der Waals surface area contributed by atoms with E-state index in [1.807, 2.05) is 0 Å². The second kappa shape index (κ2) is 14.0. The first kappa shape index (κ1) is 31.3. The summed E-state index contributed by atoms with van der Waals surface area (Å²) in [4.78, 5) is 22.8. The molecule has 3 N–H and O–H groups in total. The van der Waals surface area contributed by atoms with Gasteiger partial charge in [-0.3, -0.25) is 9.52 Å². The van der Waals surface area contributed by atoms with Gasteiger partial charge < -0.3 is 34.3 Å². The van der Waals surface area contributed by atoms with Crippen molar-refractivity contribution in [3.8, 4) is 17.2 Å². The summed E-state index contributed by atoms with van der Waals surface area (Å²) >= 11 is 0. The number of aromatic nitrogens is 2. The molecule has 4 rings (SSSR count). The number of aliphatic hydroxyl groups excluding tert-OH is 1. The van der Waals surface area contributed by atoms with Crippen LogP contribution in [0.2, 0.25) is 0 Å². The average Bonchev–Trinajstić information content (AvgIpc) is 3.00. The number of carbonyl (C=O) groups excluding carboxylic acids is 1. The number of fused-ring (bicyclic) bond motifs is 1. The molecular weight excluding hydrogens is 578 g/mol. The van der Waals surface area contributed by atoms with E-state index in [0.29, 0.717) is 39.5 Å². The Labute approximate surface area is 249 Å². The maximum atomic E-state index is 13.5. The van der Waals surface area contributed by atoms with Gasteiger partial charge in [0.1, 0.15) is 12.4 Å². The number of para-hydroxylation sites is 2. The van der Waals surface area contributed by atoms with Gasteiger partial charge in [0.25, 0.3) is 15.9 Å². The van der Waals surface area contributed by atoms with E-state index in [0.717, 1.165) is 0 Å². The SMILES string of the molecule is COc1cc(Nc2nc3ccccc3nc2NS(=O)(=O)c2ccc(C(=O)N(C)C)cc2)c(OCCOCCO)c(OC)c1. The number of nitrogens with zero attached hydrogens (tertiary/aromatic N) is 3. The third kappa shape index (κ3) is 7.60. The summed E-state index contributed by atoms with van der Waals surface area (Å²) in [5.74, 6) is 0.819. The third-order valence-corrected chi connectivity index (χ3v) is 7.42. The molecular formula is C29H33N5O8S. The number of nitrogens with one attached hydrogen (secondary N) is 2. The lowest BCUT2D eigenvalue weighted by Crippen LogP contribution is -2.22. The van der Waals surface area contributed by atoms with Gasteiger partial charge in [-0.05, 0) is 36.4 Å². The lowest BCUT2D eigenvalue weighted by atomic mass is 10.2. The molecule has 0 bridgehead atoms. The highest BCUT2D eigenvalue weighted by molar-refractivity contribution is 7.92. The molecule has 0 aliphatic carbocycles. The van der Waals surface area contributed by atoms with E-state index in [2.05, 4.69) is 20.0 Å². The van der Waals surface area contributed by atoms with Crippen molar-refractivity contribution in [2.75, 3.05) is 64.8 Å². The highest BCUT2D eigenvalue weighted by Crippen LogP contribution is 2.41. The summed E-state index contributed by atoms with van der Waals surface area (Å²) in [7, 11) is 2.04. The summed E-state index contributed by atoms with van der Waals surface area (Å²) < 4.78 is 51.6. The van der Waals surface area contributed by atoms with Crippen LogP contribution in [0.1, 0.15) is 10.4 Å². The van der Waals surface area contributed by atoms with Crippen LogP contribution in [0.25, 0.3) is 11.0 Å². The van der Waals surface area contributed by atoms with Crippen molar-refractivity contribution in [3.63, 3.8) is 0 Å². The fourth-order valence-corrected chi connectivity index (χ4v) is 4.97. The molecule has 0 aliphatic heterocycles. The third-order valence-electron chi connectivity index (χ3n) is 6.07. The molecule has 228 valence electrons. The second-order valence-corrected chi connectivity index (χ2v) is 10.9. The quantitative estimate of drug-likeness (QED) is 0.180. The topological polar surface area (TPSA) is 161 Å². The molecule has 0 saturated heterocycles. The molecule has 14 heteroatoms. The van der Waals surface area contributed by atoms with Crippen molar-refractivity contribution in [2.24, 2.45) is 0 Å². The van der Waals surface area contributed by atoms with Gasteiger partial charge in [-0.1, -0.05) is 12.1 Å². The van der Waals surface area contributed by atoms with E-state index >= 15 is 0 Å². The average molecular weight is 612 g/mol. The van der Waals surface area contributed by atoms with Gasteiger partial charge in [0.2, 0.25) is 0 Å². The van der Waals surface area contributed by atoms with Gasteiger partial charge >= 0.3 is 0 Å². The van der Waals surface area contributed by atoms with Crippen LogP contribution in [-0.4, -0.2) is 89.0 Å². The zero-order chi connectivity index (χ0) is 31.0. The molecule has 0 radical (unpaired) electrons. The number of anilines is 3. The van der Waals surface area contributed by atoms with Crippen LogP contribution in [0.15, 0.2) is 65.6 Å². The normalized spacial score (nSPS) is 11.2. The van der Waals surface area contributed by atoms with E-state index in [1.165, 1.54) is 43.4 Å². The highest BCUT2D eigenvalue weighted by atomic mass is 32.2. The van der Waals surface area contributed by atoms with Crippen LogP contribution in [0.5, 0.6) is 17.2 Å². The number of ether oxygens (including phenoxy) is 4. The number of benzene rings is 3. The van der Waals surface area contributed by atoms with Crippen molar-refractivity contribution < 1.29 is 37.3 Å². The Morgan fingerprint density at radius 2 is 1.58 bits per heavy atom. The number of hydrogen-bond donors (Lipinski definition) is 3. The highest BCUT2D eigenvalue weighted by Gasteiger charge is 2.22. The smallest absolute Gasteiger partial charge is 0.263 e. The van der Waals surface area contributed by atoms with E-state index in [1.54, 1.807) is 50.5 Å². The van der Waals surface area contributed by atoms with Crippen LogP contribution in [0.3, 0.4) is 0 Å². The Bertz CT molecular complexity index is 1680. The monoisotopic (exact) mass is 611 g/mol. The van der Waals surface area contributed by atoms with E-state index in [-0.39, 0.29) is 48.9 Å². The molecule has 0 aliphatic rings. The van der Waals surface area contributed by atoms with Crippen molar-refractivity contribution in [1.82, 2.24) is 14.9 Å². The van der Waals surface area contributed by atoms with Crippen molar-refractivity contribution in [2.45, 2.75) is 4.90 Å². The maximum absolute atomic E-state index is 13.5. The van der Waals surface area contributed by atoms with Crippen LogP contribution in [-0.2, 0) is 14.8 Å². The molecule has 13 nitrogen and oxygen atoms in total. The lowest BCUT2D eigenvalue weighted by Gasteiger charge is -2.19. The molecule has 1 aromatic heterocycles. The second-order valence-electron chi connectivity index (χ2n) is 9.25. The largest absolute Gasteiger partial charge is 0.497 e. The minimum Gasteiger partial charge on any atom is -0.497 e. The lowest BCUT2D eigenvalue weighted by molar-refractivity contribution is 0.0700. The first-order chi connectivity index (χ1) is 20.7. The zero-order valence-electron chi connectivity index (χ0n) is 24.2. The predicted molar refractivity (Wildman–Crippen MR) is 161 cm³/mol. The number of sulfonamides is 1.